The number of rotatable bonds is 5. The molecule has 0 aliphatic rings. The molecule has 9 heteroatoms. The second-order valence-corrected chi connectivity index (χ2v) is 6.56. The van der Waals surface area contributed by atoms with Gasteiger partial charge in [0, 0.05) is 12.7 Å². The molecule has 0 spiro atoms. The molecule has 4 N–H and O–H groups in total. The Hall–Kier alpha value is -1.19. The number of nitrogens with one attached hydrogen (secondary N) is 2. The van der Waals surface area contributed by atoms with Gasteiger partial charge in [-0.1, -0.05) is 11.6 Å². The Morgan fingerprint density at radius 3 is 2.84 bits per heavy atom. The lowest BCUT2D eigenvalue weighted by atomic mass is 10.4. The number of hydrogen-bond donors (Lipinski definition) is 3. The number of hydrogen-bond acceptors (Lipinski definition) is 6. The van der Waals surface area contributed by atoms with E-state index in [1.807, 2.05) is 16.8 Å². The van der Waals surface area contributed by atoms with Crippen LogP contribution in [0.25, 0.3) is 0 Å². The topological polar surface area (TPSA) is 97.1 Å². The minimum atomic E-state index is -3.64. The Kier molecular flexibility index (Phi) is 4.38. The van der Waals surface area contributed by atoms with Crippen LogP contribution in [0.1, 0.15) is 5.56 Å². The van der Waals surface area contributed by atoms with Crippen molar-refractivity contribution in [2.24, 2.45) is 5.84 Å². The molecule has 0 saturated carbocycles. The van der Waals surface area contributed by atoms with Gasteiger partial charge in [0.15, 0.2) is 5.82 Å². The fourth-order valence-corrected chi connectivity index (χ4v) is 3.27. The van der Waals surface area contributed by atoms with Crippen LogP contribution in [0.5, 0.6) is 0 Å². The van der Waals surface area contributed by atoms with Gasteiger partial charge in [-0.3, -0.25) is 0 Å². The summed E-state index contributed by atoms with van der Waals surface area (Å²) in [5, 5.41) is 3.89. The Labute approximate surface area is 119 Å². The summed E-state index contributed by atoms with van der Waals surface area (Å²) in [6.07, 6.45) is 1.19. The SMILES string of the molecule is NNc1ncc(S(=O)(=O)NCc2ccsc2)cc1Cl. The maximum Gasteiger partial charge on any atom is 0.242 e. The number of sulfonamides is 1. The fraction of sp³-hybridized carbons (Fsp3) is 0.100. The van der Waals surface area contributed by atoms with Gasteiger partial charge in [0.25, 0.3) is 0 Å². The van der Waals surface area contributed by atoms with E-state index < -0.39 is 10.0 Å². The first-order chi connectivity index (χ1) is 9.03. The van der Waals surface area contributed by atoms with Gasteiger partial charge in [0.1, 0.15) is 4.90 Å². The van der Waals surface area contributed by atoms with Gasteiger partial charge < -0.3 is 5.43 Å². The molecule has 0 aromatic carbocycles. The number of anilines is 1. The summed E-state index contributed by atoms with van der Waals surface area (Å²) in [4.78, 5) is 3.82. The van der Waals surface area contributed by atoms with Crippen molar-refractivity contribution in [3.05, 3.63) is 39.7 Å². The number of hydrazine groups is 1. The highest BCUT2D eigenvalue weighted by atomic mass is 35.5. The Morgan fingerprint density at radius 1 is 1.47 bits per heavy atom. The summed E-state index contributed by atoms with van der Waals surface area (Å²) in [6.45, 7) is 0.223. The van der Waals surface area contributed by atoms with Gasteiger partial charge in [-0.2, -0.15) is 11.3 Å². The average Bonchev–Trinajstić information content (AvgIpc) is 2.89. The lowest BCUT2D eigenvalue weighted by molar-refractivity contribution is 0.581. The van der Waals surface area contributed by atoms with E-state index in [-0.39, 0.29) is 22.3 Å². The summed E-state index contributed by atoms with van der Waals surface area (Å²) in [5.41, 5.74) is 3.17. The van der Waals surface area contributed by atoms with Crippen molar-refractivity contribution < 1.29 is 8.42 Å². The maximum atomic E-state index is 12.0. The first-order valence-electron chi connectivity index (χ1n) is 5.16. The summed E-state index contributed by atoms with van der Waals surface area (Å²) >= 11 is 7.34. The van der Waals surface area contributed by atoms with E-state index in [1.165, 1.54) is 23.6 Å². The van der Waals surface area contributed by atoms with E-state index >= 15 is 0 Å². The molecule has 0 unspecified atom stereocenters. The minimum absolute atomic E-state index is 0.00766. The monoisotopic (exact) mass is 318 g/mol. The van der Waals surface area contributed by atoms with E-state index in [2.05, 4.69) is 15.1 Å². The lowest BCUT2D eigenvalue weighted by Crippen LogP contribution is -2.23. The highest BCUT2D eigenvalue weighted by Gasteiger charge is 2.16. The van der Waals surface area contributed by atoms with Crippen LogP contribution < -0.4 is 16.0 Å². The van der Waals surface area contributed by atoms with Crippen LogP contribution in [0, 0.1) is 0 Å². The zero-order valence-electron chi connectivity index (χ0n) is 9.63. The molecule has 0 atom stereocenters. The third-order valence-electron chi connectivity index (χ3n) is 2.31. The van der Waals surface area contributed by atoms with Gasteiger partial charge in [-0.25, -0.2) is 24.0 Å². The van der Waals surface area contributed by atoms with E-state index in [1.54, 1.807) is 0 Å². The number of nitrogen functional groups attached to an aromatic ring is 1. The Bertz CT molecular complexity index is 658. The van der Waals surface area contributed by atoms with E-state index in [0.717, 1.165) is 5.56 Å². The van der Waals surface area contributed by atoms with Crippen LogP contribution in [0.3, 0.4) is 0 Å². The van der Waals surface area contributed by atoms with E-state index in [0.29, 0.717) is 0 Å². The van der Waals surface area contributed by atoms with Crippen LogP contribution in [0.4, 0.5) is 5.82 Å². The largest absolute Gasteiger partial charge is 0.307 e. The predicted octanol–water partition coefficient (Wildman–Crippen LogP) is 1.56. The van der Waals surface area contributed by atoms with Crippen LogP contribution in [-0.4, -0.2) is 13.4 Å². The Balaban J connectivity index is 2.17. The van der Waals surface area contributed by atoms with Crippen LogP contribution in [0.2, 0.25) is 5.02 Å². The molecule has 2 aromatic heterocycles. The van der Waals surface area contributed by atoms with Gasteiger partial charge in [0.05, 0.1) is 5.02 Å². The molecule has 0 amide bonds. The molecule has 0 radical (unpaired) electrons. The number of aromatic nitrogens is 1. The molecular weight excluding hydrogens is 308 g/mol. The number of halogens is 1. The highest BCUT2D eigenvalue weighted by molar-refractivity contribution is 7.89. The van der Waals surface area contributed by atoms with E-state index in [4.69, 9.17) is 17.4 Å². The normalized spacial score (nSPS) is 11.5. The minimum Gasteiger partial charge on any atom is -0.307 e. The molecule has 2 aromatic rings. The van der Waals surface area contributed by atoms with Gasteiger partial charge in [-0.05, 0) is 28.5 Å². The zero-order valence-corrected chi connectivity index (χ0v) is 12.0. The molecule has 102 valence electrons. The van der Waals surface area contributed by atoms with Crippen molar-refractivity contribution in [2.75, 3.05) is 5.43 Å². The summed E-state index contributed by atoms with van der Waals surface area (Å²) in [5.74, 6) is 5.39. The molecule has 2 rings (SSSR count). The fourth-order valence-electron chi connectivity index (χ4n) is 1.33. The second kappa shape index (κ2) is 5.85. The predicted molar refractivity (Wildman–Crippen MR) is 75.4 cm³/mol. The first kappa shape index (κ1) is 14.2. The van der Waals surface area contributed by atoms with Crippen LogP contribution in [0.15, 0.2) is 34.0 Å². The highest BCUT2D eigenvalue weighted by Crippen LogP contribution is 2.21. The summed E-state index contributed by atoms with van der Waals surface area (Å²) in [6, 6.07) is 3.14. The quantitative estimate of drug-likeness (QED) is 0.574. The van der Waals surface area contributed by atoms with Crippen molar-refractivity contribution in [1.82, 2.24) is 9.71 Å². The van der Waals surface area contributed by atoms with Gasteiger partial charge >= 0.3 is 0 Å². The molecule has 6 nitrogen and oxygen atoms in total. The number of nitrogens with zero attached hydrogens (tertiary/aromatic N) is 1. The molecule has 0 aliphatic heterocycles. The number of pyridine rings is 1. The number of thiophene rings is 1. The molecule has 0 fully saturated rings. The summed E-state index contributed by atoms with van der Waals surface area (Å²) in [7, 11) is -3.64. The van der Waals surface area contributed by atoms with Gasteiger partial charge in [0.2, 0.25) is 10.0 Å². The smallest absolute Gasteiger partial charge is 0.242 e. The van der Waals surface area contributed by atoms with Crippen molar-refractivity contribution >= 4 is 38.8 Å². The first-order valence-corrected chi connectivity index (χ1v) is 7.96. The lowest BCUT2D eigenvalue weighted by Gasteiger charge is -2.07. The van der Waals surface area contributed by atoms with Gasteiger partial charge in [-0.15, -0.1) is 0 Å². The van der Waals surface area contributed by atoms with E-state index in [9.17, 15) is 8.42 Å². The Morgan fingerprint density at radius 2 is 2.26 bits per heavy atom. The maximum absolute atomic E-state index is 12.0. The molecule has 0 bridgehead atoms. The zero-order chi connectivity index (χ0) is 13.9. The second-order valence-electron chi connectivity index (χ2n) is 3.60. The van der Waals surface area contributed by atoms with Crippen molar-refractivity contribution in [3.8, 4) is 0 Å². The van der Waals surface area contributed by atoms with Crippen LogP contribution in [-0.2, 0) is 16.6 Å². The summed E-state index contributed by atoms with van der Waals surface area (Å²) < 4.78 is 26.5. The third-order valence-corrected chi connectivity index (χ3v) is 4.70. The van der Waals surface area contributed by atoms with Crippen molar-refractivity contribution in [2.45, 2.75) is 11.4 Å². The molecule has 0 saturated heterocycles. The van der Waals surface area contributed by atoms with Crippen LogP contribution >= 0.6 is 22.9 Å². The van der Waals surface area contributed by atoms with Crippen molar-refractivity contribution in [1.29, 1.82) is 0 Å². The molecule has 0 aliphatic carbocycles. The third kappa shape index (κ3) is 3.43. The average molecular weight is 319 g/mol. The number of nitrogens with two attached hydrogens (primary N) is 1. The molecule has 2 heterocycles. The van der Waals surface area contributed by atoms with Crippen molar-refractivity contribution in [3.63, 3.8) is 0 Å². The molecular formula is C10H11ClN4O2S2. The standard InChI is InChI=1S/C10H11ClN4O2S2/c11-9-3-8(5-13-10(9)15-12)19(16,17)14-4-7-1-2-18-6-7/h1-3,5-6,14H,4,12H2,(H,13,15). The molecule has 19 heavy (non-hydrogen) atoms.